The van der Waals surface area contributed by atoms with Crippen LogP contribution in [-0.2, 0) is 6.42 Å². The van der Waals surface area contributed by atoms with Crippen LogP contribution < -0.4 is 5.32 Å². The van der Waals surface area contributed by atoms with Crippen molar-refractivity contribution in [2.24, 2.45) is 0 Å². The monoisotopic (exact) mass is 339 g/mol. The molecule has 0 spiro atoms. The molecular formula is C16H16BrF2N. The Kier molecular flexibility index (Phi) is 5.26. The average molecular weight is 340 g/mol. The van der Waals surface area contributed by atoms with Crippen LogP contribution in [0.1, 0.15) is 24.1 Å². The van der Waals surface area contributed by atoms with Crippen molar-refractivity contribution in [1.82, 2.24) is 5.32 Å². The second-order valence-electron chi connectivity index (χ2n) is 4.73. The predicted octanol–water partition coefficient (Wildman–Crippen LogP) is 4.62. The standard InChI is InChI=1S/C16H16BrF2N/c1-11(13-5-6-16(19)15(17)10-13)20-8-7-12-3-2-4-14(18)9-12/h2-6,9-11,20H,7-8H2,1H3. The molecule has 0 saturated heterocycles. The van der Waals surface area contributed by atoms with Gasteiger partial charge in [0.15, 0.2) is 0 Å². The summed E-state index contributed by atoms with van der Waals surface area (Å²) in [6, 6.07) is 11.7. The number of hydrogen-bond donors (Lipinski definition) is 1. The highest BCUT2D eigenvalue weighted by atomic mass is 79.9. The Morgan fingerprint density at radius 3 is 2.65 bits per heavy atom. The fraction of sp³-hybridized carbons (Fsp3) is 0.250. The summed E-state index contributed by atoms with van der Waals surface area (Å²) in [6.07, 6.45) is 0.754. The Morgan fingerprint density at radius 2 is 1.95 bits per heavy atom. The average Bonchev–Trinajstić information content (AvgIpc) is 2.42. The first-order valence-electron chi connectivity index (χ1n) is 6.49. The molecule has 2 aromatic carbocycles. The molecule has 0 radical (unpaired) electrons. The lowest BCUT2D eigenvalue weighted by Crippen LogP contribution is -2.21. The topological polar surface area (TPSA) is 12.0 Å². The van der Waals surface area contributed by atoms with E-state index in [1.807, 2.05) is 13.0 Å². The van der Waals surface area contributed by atoms with Crippen LogP contribution in [0.2, 0.25) is 0 Å². The predicted molar refractivity (Wildman–Crippen MR) is 80.6 cm³/mol. The minimum Gasteiger partial charge on any atom is -0.310 e. The van der Waals surface area contributed by atoms with Gasteiger partial charge in [0.05, 0.1) is 4.47 Å². The summed E-state index contributed by atoms with van der Waals surface area (Å²) in [5, 5.41) is 3.35. The highest BCUT2D eigenvalue weighted by Gasteiger charge is 2.07. The van der Waals surface area contributed by atoms with Crippen molar-refractivity contribution in [3.8, 4) is 0 Å². The van der Waals surface area contributed by atoms with E-state index in [-0.39, 0.29) is 17.7 Å². The fourth-order valence-electron chi connectivity index (χ4n) is 2.03. The molecule has 0 aromatic heterocycles. The lowest BCUT2D eigenvalue weighted by Gasteiger charge is -2.15. The first kappa shape index (κ1) is 15.1. The molecule has 4 heteroatoms. The first-order valence-corrected chi connectivity index (χ1v) is 7.28. The summed E-state index contributed by atoms with van der Waals surface area (Å²) in [5.74, 6) is -0.473. The van der Waals surface area contributed by atoms with E-state index in [9.17, 15) is 8.78 Å². The van der Waals surface area contributed by atoms with Crippen molar-refractivity contribution in [3.63, 3.8) is 0 Å². The molecule has 2 aromatic rings. The van der Waals surface area contributed by atoms with Crippen molar-refractivity contribution >= 4 is 15.9 Å². The zero-order valence-electron chi connectivity index (χ0n) is 11.2. The van der Waals surface area contributed by atoms with Crippen molar-refractivity contribution in [3.05, 3.63) is 69.7 Å². The Balaban J connectivity index is 1.88. The van der Waals surface area contributed by atoms with Crippen molar-refractivity contribution < 1.29 is 8.78 Å². The van der Waals surface area contributed by atoms with Gasteiger partial charge in [0.25, 0.3) is 0 Å². The first-order chi connectivity index (χ1) is 9.56. The summed E-state index contributed by atoms with van der Waals surface area (Å²) >= 11 is 3.18. The van der Waals surface area contributed by atoms with Gasteiger partial charge in [-0.3, -0.25) is 0 Å². The molecule has 20 heavy (non-hydrogen) atoms. The quantitative estimate of drug-likeness (QED) is 0.837. The van der Waals surface area contributed by atoms with E-state index < -0.39 is 0 Å². The molecule has 1 unspecified atom stereocenters. The third-order valence-corrected chi connectivity index (χ3v) is 3.80. The number of benzene rings is 2. The van der Waals surface area contributed by atoms with Crippen LogP contribution >= 0.6 is 15.9 Å². The number of nitrogens with one attached hydrogen (secondary N) is 1. The van der Waals surface area contributed by atoms with Gasteiger partial charge in [0, 0.05) is 6.04 Å². The van der Waals surface area contributed by atoms with Crippen molar-refractivity contribution in [2.75, 3.05) is 6.54 Å². The summed E-state index contributed by atoms with van der Waals surface area (Å²) < 4.78 is 26.7. The third kappa shape index (κ3) is 4.12. The number of rotatable bonds is 5. The Morgan fingerprint density at radius 1 is 1.15 bits per heavy atom. The molecule has 0 bridgehead atoms. The largest absolute Gasteiger partial charge is 0.310 e. The van der Waals surface area contributed by atoms with E-state index in [0.29, 0.717) is 4.47 Å². The van der Waals surface area contributed by atoms with Gasteiger partial charge in [0.2, 0.25) is 0 Å². The van der Waals surface area contributed by atoms with Gasteiger partial charge >= 0.3 is 0 Å². The molecule has 0 saturated carbocycles. The van der Waals surface area contributed by atoms with E-state index in [4.69, 9.17) is 0 Å². The van der Waals surface area contributed by atoms with Gasteiger partial charge in [-0.15, -0.1) is 0 Å². The highest BCUT2D eigenvalue weighted by molar-refractivity contribution is 9.10. The fourth-order valence-corrected chi connectivity index (χ4v) is 2.42. The Hall–Kier alpha value is -1.26. The molecule has 1 N–H and O–H groups in total. The molecule has 2 rings (SSSR count). The van der Waals surface area contributed by atoms with Crippen LogP contribution in [0.15, 0.2) is 46.9 Å². The third-order valence-electron chi connectivity index (χ3n) is 3.20. The van der Waals surface area contributed by atoms with Gasteiger partial charge in [-0.1, -0.05) is 18.2 Å². The van der Waals surface area contributed by atoms with Crippen molar-refractivity contribution in [1.29, 1.82) is 0 Å². The molecular weight excluding hydrogens is 324 g/mol. The second-order valence-corrected chi connectivity index (χ2v) is 5.58. The minimum atomic E-state index is -0.263. The van der Waals surface area contributed by atoms with Crippen LogP contribution in [0.3, 0.4) is 0 Å². The van der Waals surface area contributed by atoms with Crippen molar-refractivity contribution in [2.45, 2.75) is 19.4 Å². The number of halogens is 3. The Labute approximate surface area is 126 Å². The van der Waals surface area contributed by atoms with Crippen LogP contribution in [0, 0.1) is 11.6 Å². The summed E-state index contributed by atoms with van der Waals surface area (Å²) in [5.41, 5.74) is 1.97. The molecule has 0 aliphatic heterocycles. The van der Waals surface area contributed by atoms with E-state index in [2.05, 4.69) is 21.2 Å². The molecule has 0 aliphatic rings. The van der Waals surface area contributed by atoms with Crippen LogP contribution in [-0.4, -0.2) is 6.54 Å². The SMILES string of the molecule is CC(NCCc1cccc(F)c1)c1ccc(F)c(Br)c1. The molecule has 1 nitrogen and oxygen atoms in total. The normalized spacial score (nSPS) is 12.4. The highest BCUT2D eigenvalue weighted by Crippen LogP contribution is 2.21. The summed E-state index contributed by atoms with van der Waals surface area (Å²) in [7, 11) is 0. The lowest BCUT2D eigenvalue weighted by atomic mass is 10.1. The van der Waals surface area contributed by atoms with Crippen LogP contribution in [0.4, 0.5) is 8.78 Å². The smallest absolute Gasteiger partial charge is 0.137 e. The van der Waals surface area contributed by atoms with Gasteiger partial charge in [-0.2, -0.15) is 0 Å². The van der Waals surface area contributed by atoms with Gasteiger partial charge in [0.1, 0.15) is 11.6 Å². The maximum absolute atomic E-state index is 13.2. The van der Waals surface area contributed by atoms with E-state index in [0.717, 1.165) is 24.1 Å². The molecule has 0 heterocycles. The van der Waals surface area contributed by atoms with E-state index in [1.165, 1.54) is 12.1 Å². The molecule has 0 aliphatic carbocycles. The molecule has 0 amide bonds. The summed E-state index contributed by atoms with van der Waals surface area (Å²) in [4.78, 5) is 0. The number of hydrogen-bond acceptors (Lipinski definition) is 1. The minimum absolute atomic E-state index is 0.112. The van der Waals surface area contributed by atoms with Crippen LogP contribution in [0.25, 0.3) is 0 Å². The maximum atomic E-state index is 13.2. The zero-order valence-corrected chi connectivity index (χ0v) is 12.8. The molecule has 1 atom stereocenters. The van der Waals surface area contributed by atoms with Gasteiger partial charge < -0.3 is 5.32 Å². The van der Waals surface area contributed by atoms with Gasteiger partial charge in [-0.05, 0) is 71.2 Å². The molecule has 106 valence electrons. The summed E-state index contributed by atoms with van der Waals surface area (Å²) in [6.45, 7) is 2.75. The van der Waals surface area contributed by atoms with Crippen LogP contribution in [0.5, 0.6) is 0 Å². The van der Waals surface area contributed by atoms with Gasteiger partial charge in [-0.25, -0.2) is 8.78 Å². The van der Waals surface area contributed by atoms with E-state index >= 15 is 0 Å². The maximum Gasteiger partial charge on any atom is 0.137 e. The molecule has 0 fully saturated rings. The lowest BCUT2D eigenvalue weighted by molar-refractivity contribution is 0.570. The van der Waals surface area contributed by atoms with E-state index in [1.54, 1.807) is 24.3 Å². The zero-order chi connectivity index (χ0) is 14.5. The second kappa shape index (κ2) is 6.95. The Bertz CT molecular complexity index is 586.